The Kier molecular flexibility index (Phi) is 4.30. The van der Waals surface area contributed by atoms with Crippen molar-refractivity contribution >= 4 is 28.1 Å². The van der Waals surface area contributed by atoms with Crippen LogP contribution in [0.5, 0.6) is 0 Å². The van der Waals surface area contributed by atoms with E-state index in [1.54, 1.807) is 11.3 Å². The summed E-state index contributed by atoms with van der Waals surface area (Å²) >= 11 is 1.72. The highest BCUT2D eigenvalue weighted by Crippen LogP contribution is 2.31. The Morgan fingerprint density at radius 2 is 2.08 bits per heavy atom. The van der Waals surface area contributed by atoms with E-state index >= 15 is 0 Å². The van der Waals surface area contributed by atoms with Crippen molar-refractivity contribution in [2.24, 2.45) is 5.92 Å². The van der Waals surface area contributed by atoms with E-state index in [0.717, 1.165) is 46.5 Å². The number of carbonyl (C=O) groups is 1. The number of carbonyl (C=O) groups excluding carboxylic acids is 1. The minimum Gasteiger partial charge on any atom is -0.338 e. The first-order chi connectivity index (χ1) is 12.1. The molecular formula is C21H22N2OS. The van der Waals surface area contributed by atoms with Gasteiger partial charge in [-0.15, -0.1) is 11.3 Å². The molecule has 1 atom stereocenters. The molecule has 1 aliphatic heterocycles. The molecule has 2 aromatic heterocycles. The average Bonchev–Trinajstić information content (AvgIpc) is 3.06. The van der Waals surface area contributed by atoms with Gasteiger partial charge < -0.3 is 4.90 Å². The number of piperidine rings is 1. The second kappa shape index (κ2) is 6.60. The predicted octanol–water partition coefficient (Wildman–Crippen LogP) is 5.14. The molecular weight excluding hydrogens is 328 g/mol. The zero-order chi connectivity index (χ0) is 17.4. The Bertz CT molecular complexity index is 931. The number of hydrogen-bond donors (Lipinski definition) is 0. The van der Waals surface area contributed by atoms with Gasteiger partial charge >= 0.3 is 0 Å². The van der Waals surface area contributed by atoms with E-state index < -0.39 is 0 Å². The lowest BCUT2D eigenvalue weighted by molar-refractivity contribution is 0.0685. The number of aromatic nitrogens is 1. The number of rotatable bonds is 2. The molecule has 0 N–H and O–H groups in total. The fourth-order valence-corrected chi connectivity index (χ4v) is 4.42. The first-order valence-corrected chi connectivity index (χ1v) is 9.69. The van der Waals surface area contributed by atoms with E-state index in [1.807, 2.05) is 35.2 Å². The van der Waals surface area contributed by atoms with Crippen LogP contribution in [-0.2, 0) is 0 Å². The number of benzene rings is 1. The van der Waals surface area contributed by atoms with E-state index in [4.69, 9.17) is 4.98 Å². The molecule has 3 nitrogen and oxygen atoms in total. The van der Waals surface area contributed by atoms with Gasteiger partial charge in [-0.2, -0.15) is 0 Å². The van der Waals surface area contributed by atoms with Crippen LogP contribution in [0.1, 0.15) is 35.0 Å². The standard InChI is InChI=1S/C21H22N2OS/c1-14-6-5-11-23(13-14)21(24)17-12-19(20-10-9-15(2)25-20)22-18-8-4-3-7-16(17)18/h3-4,7-10,12,14H,5-6,11,13H2,1-2H3. The summed E-state index contributed by atoms with van der Waals surface area (Å²) in [6.45, 7) is 6.02. The minimum absolute atomic E-state index is 0.139. The minimum atomic E-state index is 0.139. The Morgan fingerprint density at radius 1 is 1.24 bits per heavy atom. The van der Waals surface area contributed by atoms with Crippen LogP contribution < -0.4 is 0 Å². The molecule has 3 aromatic rings. The van der Waals surface area contributed by atoms with E-state index in [0.29, 0.717) is 5.92 Å². The number of para-hydroxylation sites is 1. The number of pyridine rings is 1. The van der Waals surface area contributed by atoms with Crippen molar-refractivity contribution < 1.29 is 4.79 Å². The number of fused-ring (bicyclic) bond motifs is 1. The average molecular weight is 350 g/mol. The maximum absolute atomic E-state index is 13.2. The first kappa shape index (κ1) is 16.3. The molecule has 128 valence electrons. The van der Waals surface area contributed by atoms with E-state index in [9.17, 15) is 4.79 Å². The summed E-state index contributed by atoms with van der Waals surface area (Å²) in [5.74, 6) is 0.713. The molecule has 4 rings (SSSR count). The zero-order valence-corrected chi connectivity index (χ0v) is 15.5. The topological polar surface area (TPSA) is 33.2 Å². The fraction of sp³-hybridized carbons (Fsp3) is 0.333. The molecule has 0 aliphatic carbocycles. The molecule has 1 amide bonds. The van der Waals surface area contributed by atoms with Gasteiger partial charge in [0.05, 0.1) is 21.7 Å². The molecule has 3 heterocycles. The third-order valence-corrected chi connectivity index (χ3v) is 5.91. The van der Waals surface area contributed by atoms with Gasteiger partial charge in [-0.25, -0.2) is 4.98 Å². The molecule has 0 spiro atoms. The Hall–Kier alpha value is -2.20. The van der Waals surface area contributed by atoms with Crippen molar-refractivity contribution in [3.05, 3.63) is 52.9 Å². The van der Waals surface area contributed by atoms with Crippen LogP contribution in [0.15, 0.2) is 42.5 Å². The third kappa shape index (κ3) is 3.19. The number of likely N-dealkylation sites (tertiary alicyclic amines) is 1. The lowest BCUT2D eigenvalue weighted by Crippen LogP contribution is -2.39. The molecule has 1 saturated heterocycles. The Morgan fingerprint density at radius 3 is 2.84 bits per heavy atom. The second-order valence-corrected chi connectivity index (χ2v) is 8.27. The quantitative estimate of drug-likeness (QED) is 0.641. The maximum atomic E-state index is 13.2. The lowest BCUT2D eigenvalue weighted by Gasteiger charge is -2.31. The van der Waals surface area contributed by atoms with Gasteiger partial charge in [-0.05, 0) is 49.9 Å². The van der Waals surface area contributed by atoms with Crippen molar-refractivity contribution in [2.45, 2.75) is 26.7 Å². The number of thiophene rings is 1. The highest BCUT2D eigenvalue weighted by molar-refractivity contribution is 7.15. The monoisotopic (exact) mass is 350 g/mol. The van der Waals surface area contributed by atoms with Crippen molar-refractivity contribution in [3.8, 4) is 10.6 Å². The van der Waals surface area contributed by atoms with Crippen LogP contribution in [0.25, 0.3) is 21.5 Å². The molecule has 25 heavy (non-hydrogen) atoms. The van der Waals surface area contributed by atoms with Crippen molar-refractivity contribution in [2.75, 3.05) is 13.1 Å². The molecule has 0 radical (unpaired) electrons. The maximum Gasteiger partial charge on any atom is 0.254 e. The number of aryl methyl sites for hydroxylation is 1. The van der Waals surface area contributed by atoms with Gasteiger partial charge in [0, 0.05) is 23.4 Å². The molecule has 1 fully saturated rings. The number of amides is 1. The molecule has 1 unspecified atom stereocenters. The van der Waals surface area contributed by atoms with Gasteiger partial charge in [-0.1, -0.05) is 25.1 Å². The SMILES string of the molecule is Cc1ccc(-c2cc(C(=O)N3CCCC(C)C3)c3ccccc3n2)s1. The van der Waals surface area contributed by atoms with Gasteiger partial charge in [0.2, 0.25) is 0 Å². The molecule has 0 bridgehead atoms. The van der Waals surface area contributed by atoms with E-state index in [1.165, 1.54) is 11.3 Å². The first-order valence-electron chi connectivity index (χ1n) is 8.87. The summed E-state index contributed by atoms with van der Waals surface area (Å²) in [5, 5.41) is 0.947. The molecule has 4 heteroatoms. The number of nitrogens with zero attached hydrogens (tertiary/aromatic N) is 2. The van der Waals surface area contributed by atoms with Crippen molar-refractivity contribution in [1.82, 2.24) is 9.88 Å². The third-order valence-electron chi connectivity index (χ3n) is 4.88. The van der Waals surface area contributed by atoms with Crippen LogP contribution in [-0.4, -0.2) is 28.9 Å². The van der Waals surface area contributed by atoms with Gasteiger partial charge in [-0.3, -0.25) is 4.79 Å². The molecule has 1 aliphatic rings. The van der Waals surface area contributed by atoms with Gasteiger partial charge in [0.25, 0.3) is 5.91 Å². The summed E-state index contributed by atoms with van der Waals surface area (Å²) in [6.07, 6.45) is 2.30. The lowest BCUT2D eigenvalue weighted by atomic mass is 9.98. The van der Waals surface area contributed by atoms with Crippen LogP contribution in [0.2, 0.25) is 0 Å². The Labute approximate surface area is 152 Å². The summed E-state index contributed by atoms with van der Waals surface area (Å²) in [7, 11) is 0. The zero-order valence-electron chi connectivity index (χ0n) is 14.7. The second-order valence-electron chi connectivity index (χ2n) is 6.98. The summed E-state index contributed by atoms with van der Waals surface area (Å²) < 4.78 is 0. The highest BCUT2D eigenvalue weighted by Gasteiger charge is 2.24. The summed E-state index contributed by atoms with van der Waals surface area (Å²) in [5.41, 5.74) is 2.56. The van der Waals surface area contributed by atoms with Crippen LogP contribution in [0, 0.1) is 12.8 Å². The molecule has 1 aromatic carbocycles. The summed E-state index contributed by atoms with van der Waals surface area (Å²) in [4.78, 5) is 22.4. The van der Waals surface area contributed by atoms with Crippen LogP contribution in [0.3, 0.4) is 0 Å². The van der Waals surface area contributed by atoms with Crippen molar-refractivity contribution in [3.63, 3.8) is 0 Å². The van der Waals surface area contributed by atoms with Gasteiger partial charge in [0.1, 0.15) is 0 Å². The van der Waals surface area contributed by atoms with Crippen molar-refractivity contribution in [1.29, 1.82) is 0 Å². The predicted molar refractivity (Wildman–Crippen MR) is 104 cm³/mol. The summed E-state index contributed by atoms with van der Waals surface area (Å²) in [6, 6.07) is 14.1. The Balaban J connectivity index is 1.82. The number of hydrogen-bond acceptors (Lipinski definition) is 3. The van der Waals surface area contributed by atoms with E-state index in [2.05, 4.69) is 26.0 Å². The van der Waals surface area contributed by atoms with Gasteiger partial charge in [0.15, 0.2) is 0 Å². The highest BCUT2D eigenvalue weighted by atomic mass is 32.1. The van der Waals surface area contributed by atoms with Crippen LogP contribution >= 0.6 is 11.3 Å². The fourth-order valence-electron chi connectivity index (χ4n) is 3.59. The molecule has 0 saturated carbocycles. The van der Waals surface area contributed by atoms with Crippen LogP contribution in [0.4, 0.5) is 0 Å². The smallest absolute Gasteiger partial charge is 0.254 e. The normalized spacial score (nSPS) is 17.8. The van der Waals surface area contributed by atoms with E-state index in [-0.39, 0.29) is 5.91 Å². The largest absolute Gasteiger partial charge is 0.338 e.